The molecule has 0 spiro atoms. The van der Waals surface area contributed by atoms with Gasteiger partial charge in [0.1, 0.15) is 29.5 Å². The van der Waals surface area contributed by atoms with Crippen LogP contribution >= 0.6 is 47.0 Å². The van der Waals surface area contributed by atoms with Gasteiger partial charge in [0.25, 0.3) is 11.1 Å². The first-order valence-corrected chi connectivity index (χ1v) is 18.5. The number of esters is 1. The van der Waals surface area contributed by atoms with E-state index in [0.29, 0.717) is 27.9 Å². The van der Waals surface area contributed by atoms with Crippen LogP contribution in [0.15, 0.2) is 88.3 Å². The molecule has 2 atom stereocenters. The van der Waals surface area contributed by atoms with E-state index in [-0.39, 0.29) is 53.3 Å². The third-order valence-corrected chi connectivity index (χ3v) is 11.6. The van der Waals surface area contributed by atoms with Crippen molar-refractivity contribution in [1.29, 1.82) is 5.41 Å². The molecule has 5 rings (SSSR count). The highest BCUT2D eigenvalue weighted by Crippen LogP contribution is 2.46. The van der Waals surface area contributed by atoms with E-state index >= 15 is 0 Å². The summed E-state index contributed by atoms with van der Waals surface area (Å²) in [6.45, 7) is 0.00927. The lowest BCUT2D eigenvalue weighted by atomic mass is 10.0. The number of hydrogen-bond acceptors (Lipinski definition) is 10. The summed E-state index contributed by atoms with van der Waals surface area (Å²) in [7, 11) is 1.58. The highest BCUT2D eigenvalue weighted by molar-refractivity contribution is 8.13. The summed E-state index contributed by atoms with van der Waals surface area (Å²) in [6.07, 6.45) is 0.0918. The topological polar surface area (TPSA) is 186 Å². The van der Waals surface area contributed by atoms with Crippen LogP contribution in [-0.4, -0.2) is 57.3 Å². The first-order chi connectivity index (χ1) is 23.1. The van der Waals surface area contributed by atoms with Crippen molar-refractivity contribution in [2.75, 3.05) is 12.9 Å². The molecule has 2 heterocycles. The van der Waals surface area contributed by atoms with Gasteiger partial charge in [-0.15, -0.1) is 11.8 Å². The van der Waals surface area contributed by atoms with E-state index in [9.17, 15) is 14.4 Å². The number of amidine groups is 2. The summed E-state index contributed by atoms with van der Waals surface area (Å²) in [5.41, 5.74) is 14.8. The highest BCUT2D eigenvalue weighted by Gasteiger charge is 2.54. The van der Waals surface area contributed by atoms with Gasteiger partial charge in [-0.2, -0.15) is 0 Å². The second kappa shape index (κ2) is 17.8. The van der Waals surface area contributed by atoms with Crippen LogP contribution in [0.25, 0.3) is 0 Å². The molecule has 1 saturated heterocycles. The van der Waals surface area contributed by atoms with Gasteiger partial charge in [-0.3, -0.25) is 31.0 Å². The number of carbonyl (C=O) groups excluding carboxylic acids is 3. The average Bonchev–Trinajstić information content (AvgIpc) is 3.08. The van der Waals surface area contributed by atoms with Gasteiger partial charge < -0.3 is 32.9 Å². The lowest BCUT2D eigenvalue weighted by molar-refractivity contribution is -0.153. The molecule has 16 heteroatoms. The maximum Gasteiger partial charge on any atom is 0.356 e. The van der Waals surface area contributed by atoms with Crippen LogP contribution < -0.4 is 39.3 Å². The summed E-state index contributed by atoms with van der Waals surface area (Å²) in [5, 5.41) is 15.8. The van der Waals surface area contributed by atoms with Crippen molar-refractivity contribution >= 4 is 75.2 Å². The summed E-state index contributed by atoms with van der Waals surface area (Å²) in [5.74, 6) is 0.941. The molecule has 0 aliphatic carbocycles. The van der Waals surface area contributed by atoms with E-state index in [1.807, 2.05) is 60.7 Å². The highest BCUT2D eigenvalue weighted by atomic mass is 35.5. The van der Waals surface area contributed by atoms with Crippen molar-refractivity contribution in [2.24, 2.45) is 11.5 Å². The number of thioether (sulfide) groups is 4. The monoisotopic (exact) mass is 758 g/mol. The molecule has 0 unspecified atom stereocenters. The molecule has 3 aromatic carbocycles. The average molecular weight is 759 g/mol. The minimum atomic E-state index is -0.781. The van der Waals surface area contributed by atoms with Gasteiger partial charge in [0.05, 0.1) is 13.5 Å². The van der Waals surface area contributed by atoms with Crippen molar-refractivity contribution in [3.05, 3.63) is 106 Å². The van der Waals surface area contributed by atoms with Gasteiger partial charge in [-0.25, -0.2) is 4.79 Å². The maximum atomic E-state index is 13.7. The number of hydrogen-bond donors (Lipinski definition) is 5. The molecule has 11 nitrogen and oxygen atoms in total. The summed E-state index contributed by atoms with van der Waals surface area (Å²) >= 11 is 5.44. The number of nitrogens with one attached hydrogen (secondary N) is 2. The number of rotatable bonds is 13. The molecule has 2 aliphatic heterocycles. The minimum absolute atomic E-state index is 0. The van der Waals surface area contributed by atoms with E-state index in [4.69, 9.17) is 31.8 Å². The first-order valence-electron chi connectivity index (χ1n) is 14.7. The van der Waals surface area contributed by atoms with E-state index in [2.05, 4.69) is 5.32 Å². The number of ether oxygens (including phenoxy) is 2. The van der Waals surface area contributed by atoms with E-state index in [1.54, 1.807) is 19.2 Å². The Morgan fingerprint density at radius 1 is 1.00 bits per heavy atom. The summed E-state index contributed by atoms with van der Waals surface area (Å²) in [4.78, 5) is 43.4. The lowest BCUT2D eigenvalue weighted by Gasteiger charge is -2.49. The fourth-order valence-electron chi connectivity index (χ4n) is 4.94. The van der Waals surface area contributed by atoms with Crippen LogP contribution in [0.4, 0.5) is 0 Å². The molecule has 2 amide bonds. The Labute approximate surface area is 307 Å². The van der Waals surface area contributed by atoms with Crippen molar-refractivity contribution < 1.29 is 41.7 Å². The first kappa shape index (κ1) is 38.0. The number of nitrogens with two attached hydrogens (primary N) is 3. The molecular weight excluding hydrogens is 724 g/mol. The molecule has 1 fully saturated rings. The molecule has 0 saturated carbocycles. The second-order valence-electron chi connectivity index (χ2n) is 10.7. The third kappa shape index (κ3) is 9.91. The van der Waals surface area contributed by atoms with Crippen LogP contribution in [0, 0.1) is 5.41 Å². The van der Waals surface area contributed by atoms with Crippen LogP contribution in [-0.2, 0) is 43.7 Å². The molecule has 0 aromatic heterocycles. The Morgan fingerprint density at radius 3 is 2.35 bits per heavy atom. The van der Waals surface area contributed by atoms with Crippen LogP contribution in [0.5, 0.6) is 5.75 Å². The second-order valence-corrected chi connectivity index (χ2v) is 15.0. The van der Waals surface area contributed by atoms with Gasteiger partial charge >= 0.3 is 5.97 Å². The number of benzene rings is 3. The predicted octanol–water partition coefficient (Wildman–Crippen LogP) is -0.177. The molecule has 0 bridgehead atoms. The number of β-lactam (4-membered cyclic amide) rings is 1. The van der Waals surface area contributed by atoms with E-state index < -0.39 is 17.4 Å². The maximum absolute atomic E-state index is 13.7. The molecule has 8 N–H and O–H groups in total. The summed E-state index contributed by atoms with van der Waals surface area (Å²) < 4.78 is 11.0. The molecule has 49 heavy (non-hydrogen) atoms. The van der Waals surface area contributed by atoms with Crippen molar-refractivity contribution in [3.63, 3.8) is 0 Å². The molecular formula is C33H35ClN6O5S4. The van der Waals surface area contributed by atoms with Crippen LogP contribution in [0.1, 0.15) is 22.3 Å². The third-order valence-electron chi connectivity index (χ3n) is 7.35. The Hall–Kier alpha value is -3.76. The Balaban J connectivity index is 0.00000541. The Bertz CT molecular complexity index is 1740. The molecule has 0 radical (unpaired) electrons. The zero-order valence-corrected chi connectivity index (χ0v) is 30.4. The van der Waals surface area contributed by atoms with E-state index in [0.717, 1.165) is 27.1 Å². The van der Waals surface area contributed by atoms with Gasteiger partial charge in [0.2, 0.25) is 5.91 Å². The number of carbonyl (C=O) groups is 3. The number of methoxy groups -OCH3 is 1. The summed E-state index contributed by atoms with van der Waals surface area (Å²) in [6, 6.07) is 21.6. The Morgan fingerprint density at radius 2 is 1.67 bits per heavy atom. The van der Waals surface area contributed by atoms with Gasteiger partial charge in [-0.1, -0.05) is 78.1 Å². The quantitative estimate of drug-likeness (QED) is 0.0675. The fourth-order valence-corrected chi connectivity index (χ4v) is 8.71. The van der Waals surface area contributed by atoms with E-state index in [1.165, 1.54) is 51.9 Å². The number of amides is 2. The zero-order valence-electron chi connectivity index (χ0n) is 26.3. The van der Waals surface area contributed by atoms with Crippen molar-refractivity contribution in [3.8, 4) is 5.75 Å². The number of fused-ring (bicyclic) bond motifs is 1. The van der Waals surface area contributed by atoms with Gasteiger partial charge in [0.15, 0.2) is 5.17 Å². The molecule has 258 valence electrons. The lowest BCUT2D eigenvalue weighted by Crippen LogP contribution is -3.00. The predicted molar refractivity (Wildman–Crippen MR) is 193 cm³/mol. The normalized spacial score (nSPS) is 16.5. The van der Waals surface area contributed by atoms with Crippen LogP contribution in [0.2, 0.25) is 0 Å². The largest absolute Gasteiger partial charge is 1.00 e. The standard InChI is InChI=1S/C33H34N6O5S4.ClH/c1-43-23-12-10-20(11-13-23)15-44-31(42)28-25(48-24-5-3-2-4-22(24)17-47-33(36)37)18-45-30-27(29(41)39(28)30)38-26(40)14-19-6-8-21(9-7-19)16-46-32(34)35;/h2-13,27,30H,14-18H2,1H3,(H3,34,35)(H3,36,37)(H,38,40);1H/t27-,30-;/m1./s1. The molecule has 3 aromatic rings. The van der Waals surface area contributed by atoms with Crippen molar-refractivity contribution in [1.82, 2.24) is 10.2 Å². The van der Waals surface area contributed by atoms with Gasteiger partial charge in [0, 0.05) is 27.1 Å². The number of nitrogens with zero attached hydrogens (tertiary/aromatic N) is 1. The number of halogens is 1. The minimum Gasteiger partial charge on any atom is -1.00 e. The Kier molecular flexibility index (Phi) is 13.8. The van der Waals surface area contributed by atoms with Gasteiger partial charge in [-0.05, 0) is 52.2 Å². The zero-order chi connectivity index (χ0) is 34.2. The smallest absolute Gasteiger partial charge is 0.356 e. The van der Waals surface area contributed by atoms with Crippen molar-refractivity contribution in [2.45, 2.75) is 40.8 Å². The molecule has 2 aliphatic rings. The fraction of sp³-hybridized carbons (Fsp3) is 0.242. The van der Waals surface area contributed by atoms with Crippen LogP contribution in [0.3, 0.4) is 0 Å². The SMILES string of the molecule is COc1ccc(COC(=O)C2=C(Sc3ccccc3CSC(N)=[NH2+])CS[C@@H]3[C@H](NC(=O)Cc4ccc(CSC(=N)N)cc4)C(=O)N23)cc1.[Cl-].